The fraction of sp³-hybridized carbons (Fsp3) is 0.100. The monoisotopic (exact) mass is 399 g/mol. The van der Waals surface area contributed by atoms with Crippen molar-refractivity contribution in [2.75, 3.05) is 6.79 Å². The summed E-state index contributed by atoms with van der Waals surface area (Å²) >= 11 is 0. The van der Waals surface area contributed by atoms with Crippen LogP contribution in [0.1, 0.15) is 0 Å². The molecule has 2 aromatic heterocycles. The highest BCUT2D eigenvalue weighted by molar-refractivity contribution is 5.68. The molecule has 29 heavy (non-hydrogen) atoms. The number of alkyl halides is 3. The van der Waals surface area contributed by atoms with E-state index < -0.39 is 6.36 Å². The number of hydrogen-bond acceptors (Lipinski definition) is 5. The molecule has 4 aromatic rings. The minimum atomic E-state index is -4.76. The second-order valence-corrected chi connectivity index (χ2v) is 6.28. The number of rotatable bonds is 3. The Labute approximate surface area is 162 Å². The van der Waals surface area contributed by atoms with E-state index in [9.17, 15) is 13.2 Å². The molecular weight excluding hydrogens is 387 g/mol. The lowest BCUT2D eigenvalue weighted by atomic mass is 10.1. The Morgan fingerprint density at radius 1 is 0.931 bits per heavy atom. The van der Waals surface area contributed by atoms with Crippen molar-refractivity contribution in [3.05, 3.63) is 60.8 Å². The molecule has 0 aliphatic carbocycles. The van der Waals surface area contributed by atoms with Crippen LogP contribution >= 0.6 is 0 Å². The zero-order valence-electron chi connectivity index (χ0n) is 14.7. The van der Waals surface area contributed by atoms with Crippen LogP contribution in [0.25, 0.3) is 28.2 Å². The Morgan fingerprint density at radius 2 is 1.79 bits per heavy atom. The Morgan fingerprint density at radius 3 is 2.66 bits per heavy atom. The van der Waals surface area contributed by atoms with Crippen molar-refractivity contribution in [2.45, 2.75) is 6.36 Å². The van der Waals surface area contributed by atoms with E-state index in [1.54, 1.807) is 28.9 Å². The average Bonchev–Trinajstić information content (AvgIpc) is 3.32. The lowest BCUT2D eigenvalue weighted by molar-refractivity contribution is -0.274. The summed E-state index contributed by atoms with van der Waals surface area (Å²) in [6, 6.07) is 14.8. The quantitative estimate of drug-likeness (QED) is 0.500. The van der Waals surface area contributed by atoms with Crippen molar-refractivity contribution >= 4 is 5.65 Å². The second kappa shape index (κ2) is 6.40. The van der Waals surface area contributed by atoms with Gasteiger partial charge in [-0.2, -0.15) is 5.10 Å². The van der Waals surface area contributed by atoms with E-state index >= 15 is 0 Å². The summed E-state index contributed by atoms with van der Waals surface area (Å²) in [6.45, 7) is 0.174. The second-order valence-electron chi connectivity index (χ2n) is 6.28. The fourth-order valence-corrected chi connectivity index (χ4v) is 3.13. The van der Waals surface area contributed by atoms with Crippen LogP contribution < -0.4 is 14.2 Å². The lowest BCUT2D eigenvalue weighted by Gasteiger charge is -2.10. The first-order chi connectivity index (χ1) is 14.0. The molecule has 0 atom stereocenters. The van der Waals surface area contributed by atoms with Crippen LogP contribution in [0.3, 0.4) is 0 Å². The molecule has 5 rings (SSSR count). The van der Waals surface area contributed by atoms with Gasteiger partial charge in [-0.05, 0) is 42.5 Å². The lowest BCUT2D eigenvalue weighted by Crippen LogP contribution is -2.17. The summed E-state index contributed by atoms with van der Waals surface area (Å²) in [5.74, 6) is 0.990. The van der Waals surface area contributed by atoms with Gasteiger partial charge >= 0.3 is 6.36 Å². The Bertz CT molecular complexity index is 1220. The van der Waals surface area contributed by atoms with Crippen molar-refractivity contribution in [1.82, 2.24) is 14.6 Å². The van der Waals surface area contributed by atoms with Crippen molar-refractivity contribution in [1.29, 1.82) is 0 Å². The van der Waals surface area contributed by atoms with Crippen LogP contribution in [0.15, 0.2) is 60.8 Å². The van der Waals surface area contributed by atoms with E-state index in [2.05, 4.69) is 14.8 Å². The van der Waals surface area contributed by atoms with Crippen LogP contribution in [-0.4, -0.2) is 27.8 Å². The number of imidazole rings is 1. The SMILES string of the molecule is FC(F)(F)Oc1cccc(-c2cnc3ccc(-c4ccc5c(c4)OCO5)nn23)c1. The predicted octanol–water partition coefficient (Wildman–Crippen LogP) is 4.69. The molecular formula is C20H12F3N3O3. The molecule has 0 amide bonds. The Kier molecular flexibility index (Phi) is 3.83. The molecule has 3 heterocycles. The molecule has 0 bridgehead atoms. The molecule has 0 spiro atoms. The van der Waals surface area contributed by atoms with Crippen LogP contribution in [0.2, 0.25) is 0 Å². The van der Waals surface area contributed by atoms with Crippen molar-refractivity contribution in [3.8, 4) is 39.8 Å². The minimum Gasteiger partial charge on any atom is -0.454 e. The van der Waals surface area contributed by atoms with Crippen LogP contribution in [0, 0.1) is 0 Å². The molecule has 0 saturated carbocycles. The molecule has 1 aliphatic heterocycles. The third-order valence-electron chi connectivity index (χ3n) is 4.39. The highest BCUT2D eigenvalue weighted by Crippen LogP contribution is 2.35. The first kappa shape index (κ1) is 17.4. The maximum atomic E-state index is 12.5. The maximum Gasteiger partial charge on any atom is 0.573 e. The number of aromatic nitrogens is 3. The Balaban J connectivity index is 1.56. The fourth-order valence-electron chi connectivity index (χ4n) is 3.13. The van der Waals surface area contributed by atoms with E-state index in [1.165, 1.54) is 18.2 Å². The van der Waals surface area contributed by atoms with E-state index in [0.717, 1.165) is 5.56 Å². The van der Waals surface area contributed by atoms with Gasteiger partial charge < -0.3 is 14.2 Å². The largest absolute Gasteiger partial charge is 0.573 e. The highest BCUT2D eigenvalue weighted by Gasteiger charge is 2.31. The van der Waals surface area contributed by atoms with Crippen molar-refractivity contribution in [3.63, 3.8) is 0 Å². The van der Waals surface area contributed by atoms with Gasteiger partial charge in [0.05, 0.1) is 17.6 Å². The van der Waals surface area contributed by atoms with E-state index in [-0.39, 0.29) is 12.5 Å². The number of halogens is 3. The van der Waals surface area contributed by atoms with Crippen LogP contribution in [0.5, 0.6) is 17.2 Å². The van der Waals surface area contributed by atoms with E-state index in [0.29, 0.717) is 34.1 Å². The number of hydrogen-bond donors (Lipinski definition) is 0. The van der Waals surface area contributed by atoms with Gasteiger partial charge in [0.1, 0.15) is 5.75 Å². The summed E-state index contributed by atoms with van der Waals surface area (Å²) in [7, 11) is 0. The predicted molar refractivity (Wildman–Crippen MR) is 96.7 cm³/mol. The molecule has 0 unspecified atom stereocenters. The number of fused-ring (bicyclic) bond motifs is 2. The molecule has 2 aromatic carbocycles. The van der Waals surface area contributed by atoms with E-state index in [4.69, 9.17) is 9.47 Å². The van der Waals surface area contributed by atoms with Crippen LogP contribution in [0.4, 0.5) is 13.2 Å². The van der Waals surface area contributed by atoms with Gasteiger partial charge in [0.2, 0.25) is 6.79 Å². The van der Waals surface area contributed by atoms with Gasteiger partial charge in [-0.15, -0.1) is 13.2 Å². The molecule has 6 nitrogen and oxygen atoms in total. The van der Waals surface area contributed by atoms with Crippen molar-refractivity contribution in [2.24, 2.45) is 0 Å². The van der Waals surface area contributed by atoms with Crippen molar-refractivity contribution < 1.29 is 27.4 Å². The summed E-state index contributed by atoms with van der Waals surface area (Å²) in [5, 5.41) is 4.61. The first-order valence-electron chi connectivity index (χ1n) is 8.57. The molecule has 0 fully saturated rings. The molecule has 0 radical (unpaired) electrons. The molecule has 0 N–H and O–H groups in total. The standard InChI is InChI=1S/C20H12F3N3O3/c21-20(22,23)29-14-3-1-2-13(8-14)16-10-24-19-7-5-15(25-26(16)19)12-4-6-17-18(9-12)28-11-27-17/h1-10H,11H2. The summed E-state index contributed by atoms with van der Waals surface area (Å²) in [4.78, 5) is 4.28. The topological polar surface area (TPSA) is 57.9 Å². The number of benzene rings is 2. The summed E-state index contributed by atoms with van der Waals surface area (Å²) in [6.07, 6.45) is -3.21. The highest BCUT2D eigenvalue weighted by atomic mass is 19.4. The van der Waals surface area contributed by atoms with Gasteiger partial charge in [-0.3, -0.25) is 0 Å². The smallest absolute Gasteiger partial charge is 0.454 e. The third kappa shape index (κ3) is 3.31. The average molecular weight is 399 g/mol. The van der Waals surface area contributed by atoms with Gasteiger partial charge in [-0.25, -0.2) is 9.50 Å². The summed E-state index contributed by atoms with van der Waals surface area (Å²) in [5.41, 5.74) is 3.05. The maximum absolute atomic E-state index is 12.5. The Hall–Kier alpha value is -3.75. The molecule has 1 aliphatic rings. The third-order valence-corrected chi connectivity index (χ3v) is 4.39. The van der Waals surface area contributed by atoms with Gasteiger partial charge in [0.25, 0.3) is 0 Å². The number of nitrogens with zero attached hydrogens (tertiary/aromatic N) is 3. The normalized spacial score (nSPS) is 13.1. The van der Waals surface area contributed by atoms with Gasteiger partial charge in [0, 0.05) is 11.1 Å². The summed E-state index contributed by atoms with van der Waals surface area (Å²) < 4.78 is 53.9. The zero-order valence-corrected chi connectivity index (χ0v) is 14.7. The molecule has 0 saturated heterocycles. The van der Waals surface area contributed by atoms with Gasteiger partial charge in [0.15, 0.2) is 17.1 Å². The van der Waals surface area contributed by atoms with Gasteiger partial charge in [-0.1, -0.05) is 12.1 Å². The molecule has 146 valence electrons. The van der Waals surface area contributed by atoms with E-state index in [1.807, 2.05) is 18.2 Å². The first-order valence-corrected chi connectivity index (χ1v) is 8.57. The van der Waals surface area contributed by atoms with Crippen LogP contribution in [-0.2, 0) is 0 Å². The zero-order chi connectivity index (χ0) is 20.0. The number of ether oxygens (including phenoxy) is 3. The minimum absolute atomic E-state index is 0.174. The molecule has 9 heteroatoms.